The Hall–Kier alpha value is -0.580. The Kier molecular flexibility index (Phi) is 3.19. The Morgan fingerprint density at radius 1 is 1.36 bits per heavy atom. The summed E-state index contributed by atoms with van der Waals surface area (Å²) in [6.07, 6.45) is -3.87. The first kappa shape index (κ1) is 11.5. The molecule has 80 valence electrons. The molecule has 0 N–H and O–H groups in total. The summed E-state index contributed by atoms with van der Waals surface area (Å²) >= 11 is 1.14. The van der Waals surface area contributed by atoms with E-state index in [-0.39, 0.29) is 5.92 Å². The van der Waals surface area contributed by atoms with Crippen LogP contribution in [0.4, 0.5) is 13.2 Å². The van der Waals surface area contributed by atoms with Crippen LogP contribution < -0.4 is 0 Å². The zero-order chi connectivity index (χ0) is 10.9. The number of hydrogen-bond acceptors (Lipinski definition) is 2. The van der Waals surface area contributed by atoms with Gasteiger partial charge in [-0.2, -0.15) is 13.2 Å². The number of rotatable bonds is 2. The van der Waals surface area contributed by atoms with E-state index >= 15 is 0 Å². The number of nitrogens with zero attached hydrogens (tertiary/aromatic N) is 1. The van der Waals surface area contributed by atoms with Gasteiger partial charge < -0.3 is 0 Å². The molecule has 5 heteroatoms. The van der Waals surface area contributed by atoms with Crippen LogP contribution in [0.15, 0.2) is 0 Å². The topological polar surface area (TPSA) is 12.9 Å². The zero-order valence-electron chi connectivity index (χ0n) is 8.27. The lowest BCUT2D eigenvalue weighted by molar-refractivity contribution is -0.141. The molecule has 1 rings (SSSR count). The highest BCUT2D eigenvalue weighted by molar-refractivity contribution is 7.11. The Labute approximate surface area is 85.0 Å². The van der Waals surface area contributed by atoms with Crippen molar-refractivity contribution >= 4 is 11.3 Å². The van der Waals surface area contributed by atoms with Crippen molar-refractivity contribution < 1.29 is 13.2 Å². The first-order valence-corrected chi connectivity index (χ1v) is 5.16. The molecule has 1 nitrogen and oxygen atoms in total. The van der Waals surface area contributed by atoms with Crippen LogP contribution in [0.5, 0.6) is 0 Å². The third-order valence-corrected chi connectivity index (χ3v) is 2.66. The molecule has 0 unspecified atom stereocenters. The van der Waals surface area contributed by atoms with Crippen molar-refractivity contribution in [2.75, 3.05) is 0 Å². The summed E-state index contributed by atoms with van der Waals surface area (Å²) in [7, 11) is 0. The Morgan fingerprint density at radius 2 is 1.93 bits per heavy atom. The normalized spacial score (nSPS) is 12.5. The van der Waals surface area contributed by atoms with Gasteiger partial charge >= 0.3 is 6.18 Å². The molecule has 0 saturated heterocycles. The average Bonchev–Trinajstić information content (AvgIpc) is 2.28. The van der Waals surface area contributed by atoms with Crippen LogP contribution >= 0.6 is 11.3 Å². The molecular formula is C9H12F3NS. The number of thiazole rings is 1. The minimum Gasteiger partial charge on any atom is -0.237 e. The van der Waals surface area contributed by atoms with E-state index in [1.807, 2.05) is 13.8 Å². The van der Waals surface area contributed by atoms with Gasteiger partial charge in [-0.15, -0.1) is 11.3 Å². The number of alkyl halides is 3. The van der Waals surface area contributed by atoms with Gasteiger partial charge in [0.2, 0.25) is 0 Å². The quantitative estimate of drug-likeness (QED) is 0.745. The van der Waals surface area contributed by atoms with Crippen molar-refractivity contribution in [1.82, 2.24) is 4.98 Å². The van der Waals surface area contributed by atoms with Gasteiger partial charge in [-0.1, -0.05) is 13.8 Å². The zero-order valence-corrected chi connectivity index (χ0v) is 9.09. The van der Waals surface area contributed by atoms with Gasteiger partial charge in [0.1, 0.15) is 0 Å². The van der Waals surface area contributed by atoms with E-state index in [0.29, 0.717) is 16.3 Å². The fourth-order valence-electron chi connectivity index (χ4n) is 1.20. The molecule has 0 fully saturated rings. The summed E-state index contributed by atoms with van der Waals surface area (Å²) in [5, 5.41) is 0.480. The van der Waals surface area contributed by atoms with Crippen LogP contribution in [-0.4, -0.2) is 4.98 Å². The molecule has 0 aliphatic rings. The Bertz CT molecular complexity index is 314. The molecule has 0 aliphatic carbocycles. The molecule has 0 bridgehead atoms. The monoisotopic (exact) mass is 223 g/mol. The minimum atomic E-state index is -4.31. The minimum absolute atomic E-state index is 0.218. The molecule has 1 aromatic heterocycles. The highest BCUT2D eigenvalue weighted by atomic mass is 32.1. The molecule has 1 heterocycles. The second-order valence-electron chi connectivity index (χ2n) is 3.60. The first-order valence-electron chi connectivity index (χ1n) is 4.34. The van der Waals surface area contributed by atoms with Gasteiger partial charge in [-0.05, 0) is 19.3 Å². The molecule has 0 amide bonds. The number of halogens is 3. The van der Waals surface area contributed by atoms with Gasteiger partial charge in [0.25, 0.3) is 0 Å². The summed E-state index contributed by atoms with van der Waals surface area (Å²) < 4.78 is 37.4. The number of aryl methyl sites for hydroxylation is 1. The molecule has 0 saturated carbocycles. The van der Waals surface area contributed by atoms with Gasteiger partial charge in [0.05, 0.1) is 5.01 Å². The summed E-state index contributed by atoms with van der Waals surface area (Å²) in [5.74, 6) is 0.218. The van der Waals surface area contributed by atoms with E-state index in [2.05, 4.69) is 4.98 Å². The maximum Gasteiger partial charge on any atom is 0.434 e. The Balaban J connectivity index is 3.03. The van der Waals surface area contributed by atoms with Crippen LogP contribution in [-0.2, 0) is 12.6 Å². The third kappa shape index (κ3) is 2.70. The fourth-order valence-corrected chi connectivity index (χ4v) is 2.37. The van der Waals surface area contributed by atoms with Crippen LogP contribution in [0.25, 0.3) is 0 Å². The van der Waals surface area contributed by atoms with Crippen LogP contribution in [0, 0.1) is 12.8 Å². The predicted molar refractivity (Wildman–Crippen MR) is 50.4 cm³/mol. The van der Waals surface area contributed by atoms with E-state index in [4.69, 9.17) is 0 Å². The average molecular weight is 223 g/mol. The van der Waals surface area contributed by atoms with Gasteiger partial charge in [0, 0.05) is 4.88 Å². The molecule has 0 radical (unpaired) electrons. The maximum absolute atomic E-state index is 12.5. The maximum atomic E-state index is 12.5. The van der Waals surface area contributed by atoms with E-state index < -0.39 is 11.9 Å². The van der Waals surface area contributed by atoms with E-state index in [0.717, 1.165) is 11.3 Å². The van der Waals surface area contributed by atoms with Crippen molar-refractivity contribution in [2.24, 2.45) is 5.92 Å². The predicted octanol–water partition coefficient (Wildman–Crippen LogP) is 3.67. The first-order chi connectivity index (χ1) is 6.30. The molecule has 0 aliphatic heterocycles. The van der Waals surface area contributed by atoms with Crippen LogP contribution in [0.3, 0.4) is 0 Å². The van der Waals surface area contributed by atoms with Gasteiger partial charge in [-0.25, -0.2) is 4.98 Å². The molecule has 1 aromatic rings. The molecule has 0 aromatic carbocycles. The molecular weight excluding hydrogens is 211 g/mol. The van der Waals surface area contributed by atoms with Crippen molar-refractivity contribution in [3.63, 3.8) is 0 Å². The van der Waals surface area contributed by atoms with Crippen molar-refractivity contribution in [3.05, 3.63) is 15.6 Å². The van der Waals surface area contributed by atoms with Crippen LogP contribution in [0.2, 0.25) is 0 Å². The summed E-state index contributed by atoms with van der Waals surface area (Å²) in [6.45, 7) is 5.40. The Morgan fingerprint density at radius 3 is 2.36 bits per heavy atom. The molecule has 0 atom stereocenters. The summed E-state index contributed by atoms with van der Waals surface area (Å²) in [4.78, 5) is 3.88. The fraction of sp³-hybridized carbons (Fsp3) is 0.667. The van der Waals surface area contributed by atoms with Gasteiger partial charge in [-0.3, -0.25) is 0 Å². The lowest BCUT2D eigenvalue weighted by atomic mass is 10.1. The summed E-state index contributed by atoms with van der Waals surface area (Å²) in [6, 6.07) is 0. The summed E-state index contributed by atoms with van der Waals surface area (Å²) in [5.41, 5.74) is -0.700. The number of aromatic nitrogens is 1. The van der Waals surface area contributed by atoms with E-state index in [1.165, 1.54) is 0 Å². The standard InChI is InChI=1S/C9H12F3NS/c1-5(2)4-7-8(9(10,11)12)13-6(3)14-7/h5H,4H2,1-3H3. The van der Waals surface area contributed by atoms with E-state index in [1.54, 1.807) is 6.92 Å². The smallest absolute Gasteiger partial charge is 0.237 e. The van der Waals surface area contributed by atoms with Crippen molar-refractivity contribution in [2.45, 2.75) is 33.4 Å². The highest BCUT2D eigenvalue weighted by Gasteiger charge is 2.36. The van der Waals surface area contributed by atoms with E-state index in [9.17, 15) is 13.2 Å². The lowest BCUT2D eigenvalue weighted by Crippen LogP contribution is -2.09. The third-order valence-electron chi connectivity index (χ3n) is 1.67. The van der Waals surface area contributed by atoms with Gasteiger partial charge in [0.15, 0.2) is 5.69 Å². The number of hydrogen-bond donors (Lipinski definition) is 0. The second kappa shape index (κ2) is 3.88. The largest absolute Gasteiger partial charge is 0.434 e. The highest BCUT2D eigenvalue weighted by Crippen LogP contribution is 2.35. The second-order valence-corrected chi connectivity index (χ2v) is 4.89. The van der Waals surface area contributed by atoms with Crippen LogP contribution in [0.1, 0.15) is 29.4 Å². The molecule has 14 heavy (non-hydrogen) atoms. The lowest BCUT2D eigenvalue weighted by Gasteiger charge is -2.07. The van der Waals surface area contributed by atoms with Crippen molar-refractivity contribution in [1.29, 1.82) is 0 Å². The molecule has 0 spiro atoms. The SMILES string of the molecule is Cc1nc(C(F)(F)F)c(CC(C)C)s1. The van der Waals surface area contributed by atoms with Crippen molar-refractivity contribution in [3.8, 4) is 0 Å².